The summed E-state index contributed by atoms with van der Waals surface area (Å²) < 4.78 is 0. The molecule has 1 aliphatic heterocycles. The minimum Gasteiger partial charge on any atom is -0.310 e. The topological polar surface area (TPSA) is 48.0 Å². The Labute approximate surface area is 77.9 Å². The van der Waals surface area contributed by atoms with Gasteiger partial charge >= 0.3 is 5.91 Å². The standard InChI is InChI=1S/C10H12N2O/c1-3-4-8-5-6-12(2)7-9(8)10(11)13/h4,7H,3H2,1-2H3,(H2,11,13)/p+1/b8-4-. The highest BCUT2D eigenvalue weighted by Crippen LogP contribution is 2.12. The van der Waals surface area contributed by atoms with Gasteiger partial charge in [0.25, 0.3) is 0 Å². The Morgan fingerprint density at radius 1 is 1.77 bits per heavy atom. The number of amides is 1. The van der Waals surface area contributed by atoms with E-state index < -0.39 is 0 Å². The van der Waals surface area contributed by atoms with Crippen molar-refractivity contribution in [1.82, 2.24) is 4.90 Å². The van der Waals surface area contributed by atoms with Gasteiger partial charge in [0.2, 0.25) is 0 Å². The van der Waals surface area contributed by atoms with E-state index in [0.717, 1.165) is 12.0 Å². The van der Waals surface area contributed by atoms with Crippen molar-refractivity contribution in [2.45, 2.75) is 13.3 Å². The second kappa shape index (κ2) is 3.92. The van der Waals surface area contributed by atoms with Gasteiger partial charge in [-0.3, -0.25) is 5.73 Å². The molecule has 1 rings (SSSR count). The first kappa shape index (κ1) is 9.56. The van der Waals surface area contributed by atoms with Crippen LogP contribution in [0.4, 0.5) is 0 Å². The normalized spacial score (nSPS) is 17.9. The quantitative estimate of drug-likeness (QED) is 0.598. The highest BCUT2D eigenvalue weighted by molar-refractivity contribution is 5.92. The molecule has 0 radical (unpaired) electrons. The molecule has 3 N–H and O–H groups in total. The molecule has 0 atom stereocenters. The molecule has 0 unspecified atom stereocenters. The van der Waals surface area contributed by atoms with E-state index in [1.165, 1.54) is 0 Å². The molecule has 3 heteroatoms. The van der Waals surface area contributed by atoms with Crippen molar-refractivity contribution in [3.8, 4) is 12.0 Å². The molecule has 0 aromatic heterocycles. The zero-order chi connectivity index (χ0) is 9.84. The van der Waals surface area contributed by atoms with Crippen LogP contribution in [-0.2, 0) is 4.79 Å². The number of hydrogen-bond donors (Lipinski definition) is 1. The Morgan fingerprint density at radius 3 is 3.00 bits per heavy atom. The smallest absolute Gasteiger partial charge is 0.310 e. The summed E-state index contributed by atoms with van der Waals surface area (Å²) in [6.45, 7) is 2.01. The van der Waals surface area contributed by atoms with E-state index in [1.54, 1.807) is 18.1 Å². The zero-order valence-electron chi connectivity index (χ0n) is 7.92. The summed E-state index contributed by atoms with van der Waals surface area (Å²) >= 11 is 0. The van der Waals surface area contributed by atoms with Gasteiger partial charge in [-0.25, -0.2) is 4.79 Å². The summed E-state index contributed by atoms with van der Waals surface area (Å²) in [6.07, 6.45) is 4.53. The molecule has 68 valence electrons. The summed E-state index contributed by atoms with van der Waals surface area (Å²) in [7, 11) is 1.80. The Balaban J connectivity index is 3.04. The molecule has 0 saturated heterocycles. The Hall–Kier alpha value is -1.53. The van der Waals surface area contributed by atoms with Gasteiger partial charge < -0.3 is 4.90 Å². The van der Waals surface area contributed by atoms with Gasteiger partial charge in [0, 0.05) is 24.9 Å². The summed E-state index contributed by atoms with van der Waals surface area (Å²) in [5, 5.41) is 0. The summed E-state index contributed by atoms with van der Waals surface area (Å²) in [6, 6.07) is 2.86. The van der Waals surface area contributed by atoms with Crippen LogP contribution in [0.15, 0.2) is 23.4 Å². The fourth-order valence-electron chi connectivity index (χ4n) is 1.10. The number of carbonyl (C=O) groups is 1. The molecule has 0 aromatic rings. The molecular formula is C10H13N2O+. The minimum atomic E-state index is -0.180. The van der Waals surface area contributed by atoms with Crippen LogP contribution < -0.4 is 5.73 Å². The summed E-state index contributed by atoms with van der Waals surface area (Å²) in [5.74, 6) is 2.73. The van der Waals surface area contributed by atoms with Crippen LogP contribution in [0.2, 0.25) is 0 Å². The first-order chi connectivity index (χ1) is 6.15. The predicted octanol–water partition coefficient (Wildman–Crippen LogP) is -0.118. The third-order valence-corrected chi connectivity index (χ3v) is 1.69. The highest BCUT2D eigenvalue weighted by atomic mass is 16.1. The van der Waals surface area contributed by atoms with Gasteiger partial charge in [-0.15, -0.1) is 0 Å². The Morgan fingerprint density at radius 2 is 2.46 bits per heavy atom. The number of carbonyl (C=O) groups excluding carboxylic acids is 1. The van der Waals surface area contributed by atoms with Gasteiger partial charge in [0.15, 0.2) is 0 Å². The second-order valence-corrected chi connectivity index (χ2v) is 2.84. The maximum Gasteiger partial charge on any atom is 0.343 e. The SMILES string of the molecule is CC/C=C1/C#CN(C)C=C1C([NH3+])=O. The second-order valence-electron chi connectivity index (χ2n) is 2.84. The third kappa shape index (κ3) is 2.20. The number of quaternary nitrogens is 1. The highest BCUT2D eigenvalue weighted by Gasteiger charge is 2.15. The molecule has 0 bridgehead atoms. The van der Waals surface area contributed by atoms with Crippen molar-refractivity contribution < 1.29 is 10.5 Å². The van der Waals surface area contributed by atoms with E-state index in [2.05, 4.69) is 17.7 Å². The summed E-state index contributed by atoms with van der Waals surface area (Å²) in [4.78, 5) is 12.8. The Kier molecular flexibility index (Phi) is 2.88. The summed E-state index contributed by atoms with van der Waals surface area (Å²) in [5.41, 5.74) is 4.78. The van der Waals surface area contributed by atoms with Crippen LogP contribution in [0.1, 0.15) is 13.3 Å². The number of allylic oxidation sites excluding steroid dienone is 1. The van der Waals surface area contributed by atoms with Crippen molar-refractivity contribution in [2.24, 2.45) is 0 Å². The van der Waals surface area contributed by atoms with Crippen molar-refractivity contribution in [3.05, 3.63) is 23.4 Å². The Bertz CT molecular complexity index is 342. The molecule has 3 nitrogen and oxygen atoms in total. The van der Waals surface area contributed by atoms with Crippen LogP contribution in [0.5, 0.6) is 0 Å². The van der Waals surface area contributed by atoms with Gasteiger partial charge in [-0.1, -0.05) is 13.0 Å². The van der Waals surface area contributed by atoms with Gasteiger partial charge in [-0.2, -0.15) is 0 Å². The average Bonchev–Trinajstić information content (AvgIpc) is 2.08. The van der Waals surface area contributed by atoms with E-state index in [1.807, 2.05) is 13.0 Å². The maximum atomic E-state index is 11.1. The lowest BCUT2D eigenvalue weighted by molar-refractivity contribution is -0.298. The lowest BCUT2D eigenvalue weighted by atomic mass is 10.0. The fourth-order valence-corrected chi connectivity index (χ4v) is 1.10. The molecule has 0 aromatic carbocycles. The lowest BCUT2D eigenvalue weighted by Gasteiger charge is -2.11. The number of nitrogens with zero attached hydrogens (tertiary/aromatic N) is 1. The van der Waals surface area contributed by atoms with E-state index in [4.69, 9.17) is 0 Å². The van der Waals surface area contributed by atoms with Gasteiger partial charge in [0.05, 0.1) is 0 Å². The van der Waals surface area contributed by atoms with Crippen LogP contribution >= 0.6 is 0 Å². The molecule has 1 aliphatic rings. The van der Waals surface area contributed by atoms with Crippen molar-refractivity contribution in [1.29, 1.82) is 0 Å². The third-order valence-electron chi connectivity index (χ3n) is 1.69. The van der Waals surface area contributed by atoms with Crippen LogP contribution in [-0.4, -0.2) is 17.9 Å². The zero-order valence-corrected chi connectivity index (χ0v) is 7.92. The largest absolute Gasteiger partial charge is 0.343 e. The number of rotatable bonds is 2. The number of hydrogen-bond acceptors (Lipinski definition) is 2. The molecule has 1 heterocycles. The van der Waals surface area contributed by atoms with Gasteiger partial charge in [0.1, 0.15) is 5.57 Å². The van der Waals surface area contributed by atoms with E-state index in [0.29, 0.717) is 5.57 Å². The van der Waals surface area contributed by atoms with E-state index in [9.17, 15) is 4.79 Å². The molecule has 13 heavy (non-hydrogen) atoms. The fraction of sp³-hybridized carbons (Fsp3) is 0.300. The van der Waals surface area contributed by atoms with E-state index in [-0.39, 0.29) is 5.91 Å². The molecular weight excluding hydrogens is 164 g/mol. The maximum absolute atomic E-state index is 11.1. The first-order valence-corrected chi connectivity index (χ1v) is 4.18. The van der Waals surface area contributed by atoms with Crippen molar-refractivity contribution in [2.75, 3.05) is 7.05 Å². The van der Waals surface area contributed by atoms with Crippen LogP contribution in [0.25, 0.3) is 0 Å². The molecule has 0 aliphatic carbocycles. The van der Waals surface area contributed by atoms with Crippen molar-refractivity contribution in [3.63, 3.8) is 0 Å². The van der Waals surface area contributed by atoms with Crippen molar-refractivity contribution >= 4 is 5.91 Å². The molecule has 0 spiro atoms. The van der Waals surface area contributed by atoms with E-state index >= 15 is 0 Å². The van der Waals surface area contributed by atoms with Gasteiger partial charge in [-0.05, 0) is 12.3 Å². The predicted molar refractivity (Wildman–Crippen MR) is 49.9 cm³/mol. The lowest BCUT2D eigenvalue weighted by Crippen LogP contribution is -2.58. The van der Waals surface area contributed by atoms with Crippen LogP contribution in [0.3, 0.4) is 0 Å². The molecule has 0 fully saturated rings. The first-order valence-electron chi connectivity index (χ1n) is 4.18. The molecule has 1 amide bonds. The average molecular weight is 177 g/mol. The minimum absolute atomic E-state index is 0.180. The van der Waals surface area contributed by atoms with Crippen LogP contribution in [0, 0.1) is 12.0 Å². The molecule has 0 saturated carbocycles. The monoisotopic (exact) mass is 177 g/mol.